The van der Waals surface area contributed by atoms with Crippen molar-refractivity contribution in [2.45, 2.75) is 32.9 Å². The minimum absolute atomic E-state index is 0.289. The molecule has 3 nitrogen and oxygen atoms in total. The van der Waals surface area contributed by atoms with E-state index in [2.05, 4.69) is 6.07 Å². The molecular formula is C12H15NO2S. The van der Waals surface area contributed by atoms with E-state index in [0.29, 0.717) is 6.54 Å². The van der Waals surface area contributed by atoms with Gasteiger partial charge in [0.05, 0.1) is 6.54 Å². The van der Waals surface area contributed by atoms with Crippen molar-refractivity contribution in [3.8, 4) is 0 Å². The van der Waals surface area contributed by atoms with Gasteiger partial charge < -0.3 is 4.74 Å². The number of hydrogen-bond acceptors (Lipinski definition) is 3. The molecule has 1 aromatic heterocycles. The molecule has 0 aliphatic carbocycles. The Labute approximate surface area is 99.3 Å². The standard InChI is InChI=1S/C12H15NO2S/c1-12(2,3)15-11(14)13-6-4-9-5-7-16-10(9)8-13/h4-7H,8H2,1-3H3. The van der Waals surface area contributed by atoms with E-state index in [0.717, 1.165) is 0 Å². The van der Waals surface area contributed by atoms with Gasteiger partial charge in [-0.25, -0.2) is 4.79 Å². The summed E-state index contributed by atoms with van der Waals surface area (Å²) in [5.41, 5.74) is 0.755. The second-order valence-electron chi connectivity index (χ2n) is 4.72. The van der Waals surface area contributed by atoms with Gasteiger partial charge in [0, 0.05) is 11.1 Å². The second-order valence-corrected chi connectivity index (χ2v) is 5.72. The largest absolute Gasteiger partial charge is 0.443 e. The number of thiophene rings is 1. The van der Waals surface area contributed by atoms with Gasteiger partial charge >= 0.3 is 6.09 Å². The van der Waals surface area contributed by atoms with Crippen LogP contribution in [0.25, 0.3) is 6.08 Å². The number of ether oxygens (including phenoxy) is 1. The molecule has 0 spiro atoms. The fraction of sp³-hybridized carbons (Fsp3) is 0.417. The predicted molar refractivity (Wildman–Crippen MR) is 65.1 cm³/mol. The lowest BCUT2D eigenvalue weighted by molar-refractivity contribution is 0.0324. The lowest BCUT2D eigenvalue weighted by atomic mass is 10.2. The maximum absolute atomic E-state index is 11.8. The van der Waals surface area contributed by atoms with Crippen molar-refractivity contribution in [3.63, 3.8) is 0 Å². The smallest absolute Gasteiger partial charge is 0.414 e. The molecule has 1 aromatic rings. The van der Waals surface area contributed by atoms with E-state index < -0.39 is 5.60 Å². The van der Waals surface area contributed by atoms with Crippen LogP contribution in [0.2, 0.25) is 0 Å². The first kappa shape index (κ1) is 11.2. The monoisotopic (exact) mass is 237 g/mol. The van der Waals surface area contributed by atoms with Crippen molar-refractivity contribution in [1.29, 1.82) is 0 Å². The van der Waals surface area contributed by atoms with E-state index in [1.165, 1.54) is 10.4 Å². The van der Waals surface area contributed by atoms with Crippen molar-refractivity contribution < 1.29 is 9.53 Å². The summed E-state index contributed by atoms with van der Waals surface area (Å²) in [6, 6.07) is 2.06. The molecule has 86 valence electrons. The Kier molecular flexibility index (Phi) is 2.76. The van der Waals surface area contributed by atoms with Crippen LogP contribution in [-0.2, 0) is 11.3 Å². The zero-order valence-corrected chi connectivity index (χ0v) is 10.5. The summed E-state index contributed by atoms with van der Waals surface area (Å²) in [6.07, 6.45) is 3.44. The number of hydrogen-bond donors (Lipinski definition) is 0. The SMILES string of the molecule is CC(C)(C)OC(=O)N1C=Cc2ccsc2C1. The van der Waals surface area contributed by atoms with Crippen molar-refractivity contribution in [2.24, 2.45) is 0 Å². The fourth-order valence-corrected chi connectivity index (χ4v) is 2.32. The molecule has 0 N–H and O–H groups in total. The summed E-state index contributed by atoms with van der Waals surface area (Å²) in [4.78, 5) is 14.6. The highest BCUT2D eigenvalue weighted by molar-refractivity contribution is 7.10. The highest BCUT2D eigenvalue weighted by Crippen LogP contribution is 2.25. The minimum Gasteiger partial charge on any atom is -0.443 e. The molecular weight excluding hydrogens is 222 g/mol. The average Bonchev–Trinajstić information content (AvgIpc) is 2.61. The van der Waals surface area contributed by atoms with E-state index in [-0.39, 0.29) is 6.09 Å². The van der Waals surface area contributed by atoms with Crippen LogP contribution < -0.4 is 0 Å². The molecule has 1 aliphatic rings. The lowest BCUT2D eigenvalue weighted by Crippen LogP contribution is -2.33. The number of fused-ring (bicyclic) bond motifs is 1. The van der Waals surface area contributed by atoms with Crippen LogP contribution in [-0.4, -0.2) is 16.6 Å². The van der Waals surface area contributed by atoms with Gasteiger partial charge in [0.15, 0.2) is 0 Å². The molecule has 0 radical (unpaired) electrons. The van der Waals surface area contributed by atoms with Crippen LogP contribution in [0.3, 0.4) is 0 Å². The molecule has 16 heavy (non-hydrogen) atoms. The quantitative estimate of drug-likeness (QED) is 0.691. The summed E-state index contributed by atoms with van der Waals surface area (Å²) < 4.78 is 5.31. The van der Waals surface area contributed by atoms with Gasteiger partial charge in [0.25, 0.3) is 0 Å². The molecule has 1 aliphatic heterocycles. The second kappa shape index (κ2) is 3.94. The van der Waals surface area contributed by atoms with Gasteiger partial charge in [0.1, 0.15) is 5.60 Å². The molecule has 2 rings (SSSR count). The van der Waals surface area contributed by atoms with E-state index in [9.17, 15) is 4.79 Å². The van der Waals surface area contributed by atoms with E-state index >= 15 is 0 Å². The number of carbonyl (C=O) groups excluding carboxylic acids is 1. The summed E-state index contributed by atoms with van der Waals surface area (Å²) in [5, 5.41) is 2.04. The Morgan fingerprint density at radius 3 is 2.94 bits per heavy atom. The highest BCUT2D eigenvalue weighted by Gasteiger charge is 2.23. The molecule has 0 bridgehead atoms. The predicted octanol–water partition coefficient (Wildman–Crippen LogP) is 3.47. The zero-order chi connectivity index (χ0) is 11.8. The minimum atomic E-state index is -0.444. The van der Waals surface area contributed by atoms with Crippen LogP contribution in [0.5, 0.6) is 0 Å². The van der Waals surface area contributed by atoms with Gasteiger partial charge in [0.2, 0.25) is 0 Å². The molecule has 1 amide bonds. The maximum Gasteiger partial charge on any atom is 0.414 e. The van der Waals surface area contributed by atoms with Crippen molar-refractivity contribution in [1.82, 2.24) is 4.90 Å². The van der Waals surface area contributed by atoms with Crippen LogP contribution in [0.1, 0.15) is 31.2 Å². The number of carbonyl (C=O) groups is 1. The normalized spacial score (nSPS) is 14.8. The van der Waals surface area contributed by atoms with Gasteiger partial charge in [-0.15, -0.1) is 11.3 Å². The molecule has 0 fully saturated rings. The topological polar surface area (TPSA) is 29.5 Å². The number of rotatable bonds is 0. The molecule has 2 heterocycles. The van der Waals surface area contributed by atoms with Gasteiger partial charge in [-0.2, -0.15) is 0 Å². The summed E-state index contributed by atoms with van der Waals surface area (Å²) >= 11 is 1.66. The Bertz CT molecular complexity index is 428. The Balaban J connectivity index is 2.06. The first-order valence-corrected chi connectivity index (χ1v) is 6.08. The third kappa shape index (κ3) is 2.44. The van der Waals surface area contributed by atoms with Crippen LogP contribution in [0.4, 0.5) is 4.79 Å². The third-order valence-electron chi connectivity index (χ3n) is 2.16. The van der Waals surface area contributed by atoms with Gasteiger partial charge in [-0.1, -0.05) is 0 Å². The first-order chi connectivity index (χ1) is 7.46. The van der Waals surface area contributed by atoms with E-state index in [4.69, 9.17) is 4.74 Å². The third-order valence-corrected chi connectivity index (χ3v) is 3.08. The molecule has 0 saturated carbocycles. The van der Waals surface area contributed by atoms with Crippen LogP contribution in [0.15, 0.2) is 17.6 Å². The van der Waals surface area contributed by atoms with E-state index in [1.54, 1.807) is 22.4 Å². The van der Waals surface area contributed by atoms with Crippen molar-refractivity contribution in [3.05, 3.63) is 28.1 Å². The zero-order valence-electron chi connectivity index (χ0n) is 9.69. The Morgan fingerprint density at radius 2 is 2.25 bits per heavy atom. The molecule has 0 aromatic carbocycles. The van der Waals surface area contributed by atoms with Crippen molar-refractivity contribution in [2.75, 3.05) is 0 Å². The molecule has 4 heteroatoms. The van der Waals surface area contributed by atoms with E-state index in [1.807, 2.05) is 32.2 Å². The fourth-order valence-electron chi connectivity index (χ4n) is 1.45. The van der Waals surface area contributed by atoms with Gasteiger partial charge in [-0.3, -0.25) is 4.90 Å². The highest BCUT2D eigenvalue weighted by atomic mass is 32.1. The maximum atomic E-state index is 11.8. The molecule has 0 atom stereocenters. The first-order valence-electron chi connectivity index (χ1n) is 5.20. The van der Waals surface area contributed by atoms with Gasteiger partial charge in [-0.05, 0) is 43.9 Å². The number of nitrogens with zero attached hydrogens (tertiary/aromatic N) is 1. The number of amides is 1. The van der Waals surface area contributed by atoms with Crippen LogP contribution in [0, 0.1) is 0 Å². The average molecular weight is 237 g/mol. The summed E-state index contributed by atoms with van der Waals surface area (Å²) in [6.45, 7) is 6.22. The summed E-state index contributed by atoms with van der Waals surface area (Å²) in [5.74, 6) is 0. The summed E-state index contributed by atoms with van der Waals surface area (Å²) in [7, 11) is 0. The molecule has 0 unspecified atom stereocenters. The Morgan fingerprint density at radius 1 is 1.50 bits per heavy atom. The lowest BCUT2D eigenvalue weighted by Gasteiger charge is -2.26. The van der Waals surface area contributed by atoms with Crippen LogP contribution >= 0.6 is 11.3 Å². The van der Waals surface area contributed by atoms with Crippen molar-refractivity contribution >= 4 is 23.5 Å². The molecule has 0 saturated heterocycles. The Hall–Kier alpha value is -1.29.